The second kappa shape index (κ2) is 7.21. The molecule has 0 bridgehead atoms. The molecule has 0 atom stereocenters. The molecular formula is C18H17ClN2O5. The molecule has 26 heavy (non-hydrogen) atoms. The number of amides is 1. The number of nitro benzene ring substituents is 1. The Kier molecular flexibility index (Phi) is 4.99. The minimum absolute atomic E-state index is 0.00683. The van der Waals surface area contributed by atoms with Gasteiger partial charge in [0.25, 0.3) is 11.6 Å². The number of halogens is 1. The maximum atomic E-state index is 12.8. The van der Waals surface area contributed by atoms with Crippen LogP contribution in [0.25, 0.3) is 0 Å². The van der Waals surface area contributed by atoms with E-state index in [1.807, 2.05) is 12.1 Å². The lowest BCUT2D eigenvalue weighted by atomic mass is 9.98. The van der Waals surface area contributed by atoms with Crippen molar-refractivity contribution in [1.82, 2.24) is 4.90 Å². The van der Waals surface area contributed by atoms with Crippen molar-refractivity contribution in [3.8, 4) is 11.5 Å². The predicted molar refractivity (Wildman–Crippen MR) is 96.1 cm³/mol. The highest BCUT2D eigenvalue weighted by atomic mass is 35.5. The molecule has 0 N–H and O–H groups in total. The first-order valence-corrected chi connectivity index (χ1v) is 8.29. The number of hydrogen-bond donors (Lipinski definition) is 0. The number of benzene rings is 2. The van der Waals surface area contributed by atoms with Crippen molar-refractivity contribution in [2.45, 2.75) is 13.0 Å². The molecule has 0 unspecified atom stereocenters. The first kappa shape index (κ1) is 18.0. The molecule has 0 radical (unpaired) electrons. The van der Waals surface area contributed by atoms with E-state index in [0.717, 1.165) is 11.1 Å². The van der Waals surface area contributed by atoms with Crippen molar-refractivity contribution in [2.75, 3.05) is 20.8 Å². The summed E-state index contributed by atoms with van der Waals surface area (Å²) < 4.78 is 10.6. The van der Waals surface area contributed by atoms with Crippen LogP contribution in [0.3, 0.4) is 0 Å². The molecule has 0 aliphatic carbocycles. The molecule has 0 saturated carbocycles. The van der Waals surface area contributed by atoms with Crippen molar-refractivity contribution < 1.29 is 19.2 Å². The number of nitro groups is 1. The lowest BCUT2D eigenvalue weighted by Crippen LogP contribution is -2.36. The number of rotatable bonds is 4. The van der Waals surface area contributed by atoms with E-state index in [9.17, 15) is 14.9 Å². The first-order chi connectivity index (χ1) is 12.4. The van der Waals surface area contributed by atoms with Gasteiger partial charge >= 0.3 is 0 Å². The van der Waals surface area contributed by atoms with Crippen LogP contribution in [0.1, 0.15) is 21.5 Å². The molecule has 3 rings (SSSR count). The van der Waals surface area contributed by atoms with Gasteiger partial charge in [-0.15, -0.1) is 0 Å². The van der Waals surface area contributed by atoms with Crippen LogP contribution in [0.5, 0.6) is 11.5 Å². The Labute approximate surface area is 155 Å². The van der Waals surface area contributed by atoms with E-state index in [1.165, 1.54) is 18.2 Å². The third kappa shape index (κ3) is 3.30. The van der Waals surface area contributed by atoms with Gasteiger partial charge in [0.2, 0.25) is 0 Å². The SMILES string of the molecule is COc1cc2c(cc1OC)CN(C(=O)c1ccc(Cl)c([N+](=O)[O-])c1)CC2. The maximum absolute atomic E-state index is 12.8. The Morgan fingerprint density at radius 2 is 1.81 bits per heavy atom. The van der Waals surface area contributed by atoms with Gasteiger partial charge in [0.15, 0.2) is 11.5 Å². The number of hydrogen-bond acceptors (Lipinski definition) is 5. The highest BCUT2D eigenvalue weighted by molar-refractivity contribution is 6.32. The molecule has 2 aromatic rings. The number of nitrogens with zero attached hydrogens (tertiary/aromatic N) is 2. The molecule has 136 valence electrons. The Morgan fingerprint density at radius 3 is 2.42 bits per heavy atom. The summed E-state index contributed by atoms with van der Waals surface area (Å²) in [5, 5.41) is 11.0. The largest absolute Gasteiger partial charge is 0.493 e. The van der Waals surface area contributed by atoms with E-state index in [-0.39, 0.29) is 22.2 Å². The van der Waals surface area contributed by atoms with E-state index < -0.39 is 4.92 Å². The van der Waals surface area contributed by atoms with Gasteiger partial charge in [-0.3, -0.25) is 14.9 Å². The number of fused-ring (bicyclic) bond motifs is 1. The van der Waals surface area contributed by atoms with Crippen LogP contribution in [-0.4, -0.2) is 36.5 Å². The van der Waals surface area contributed by atoms with E-state index in [1.54, 1.807) is 19.1 Å². The van der Waals surface area contributed by atoms with Gasteiger partial charge in [-0.05, 0) is 41.8 Å². The molecule has 1 amide bonds. The van der Waals surface area contributed by atoms with Gasteiger partial charge in [0.1, 0.15) is 5.02 Å². The van der Waals surface area contributed by atoms with E-state index in [2.05, 4.69) is 0 Å². The normalized spacial score (nSPS) is 13.1. The fourth-order valence-electron chi connectivity index (χ4n) is 3.02. The molecule has 0 spiro atoms. The van der Waals surface area contributed by atoms with Crippen LogP contribution in [0.2, 0.25) is 5.02 Å². The zero-order valence-corrected chi connectivity index (χ0v) is 15.1. The minimum atomic E-state index is -0.595. The van der Waals surface area contributed by atoms with E-state index in [0.29, 0.717) is 31.0 Å². The quantitative estimate of drug-likeness (QED) is 0.602. The van der Waals surface area contributed by atoms with Crippen LogP contribution in [0, 0.1) is 10.1 Å². The van der Waals surface area contributed by atoms with Crippen molar-refractivity contribution in [3.63, 3.8) is 0 Å². The van der Waals surface area contributed by atoms with Crippen LogP contribution >= 0.6 is 11.6 Å². The van der Waals surface area contributed by atoms with Crippen molar-refractivity contribution in [1.29, 1.82) is 0 Å². The van der Waals surface area contributed by atoms with Gasteiger partial charge in [0, 0.05) is 24.7 Å². The van der Waals surface area contributed by atoms with Crippen molar-refractivity contribution >= 4 is 23.2 Å². The topological polar surface area (TPSA) is 81.9 Å². The Balaban J connectivity index is 1.88. The monoisotopic (exact) mass is 376 g/mol. The third-order valence-corrected chi connectivity index (χ3v) is 4.71. The second-order valence-electron chi connectivity index (χ2n) is 5.88. The number of methoxy groups -OCH3 is 2. The molecule has 0 fully saturated rings. The van der Waals surface area contributed by atoms with Crippen molar-refractivity contribution in [2.24, 2.45) is 0 Å². The molecule has 8 heteroatoms. The molecule has 1 aliphatic rings. The summed E-state index contributed by atoms with van der Waals surface area (Å²) in [4.78, 5) is 24.9. The van der Waals surface area contributed by atoms with Gasteiger partial charge in [0.05, 0.1) is 19.1 Å². The Bertz CT molecular complexity index is 884. The van der Waals surface area contributed by atoms with Gasteiger partial charge in [-0.1, -0.05) is 11.6 Å². The standard InChI is InChI=1S/C18H17ClN2O5/c1-25-16-8-11-5-6-20(10-13(11)9-17(16)26-2)18(22)12-3-4-14(19)15(7-12)21(23)24/h3-4,7-9H,5-6,10H2,1-2H3. The summed E-state index contributed by atoms with van der Waals surface area (Å²) in [5.74, 6) is 0.979. The lowest BCUT2D eigenvalue weighted by molar-refractivity contribution is -0.384. The van der Waals surface area contributed by atoms with Crippen LogP contribution in [0.4, 0.5) is 5.69 Å². The zero-order valence-electron chi connectivity index (χ0n) is 14.3. The zero-order chi connectivity index (χ0) is 18.8. The second-order valence-corrected chi connectivity index (χ2v) is 6.28. The molecule has 1 aliphatic heterocycles. The highest BCUT2D eigenvalue weighted by Crippen LogP contribution is 2.34. The Morgan fingerprint density at radius 1 is 1.15 bits per heavy atom. The average molecular weight is 377 g/mol. The van der Waals surface area contributed by atoms with Crippen LogP contribution in [0.15, 0.2) is 30.3 Å². The van der Waals surface area contributed by atoms with Crippen LogP contribution < -0.4 is 9.47 Å². The summed E-state index contributed by atoms with van der Waals surface area (Å²) in [6.45, 7) is 0.905. The summed E-state index contributed by atoms with van der Waals surface area (Å²) >= 11 is 5.82. The number of carbonyl (C=O) groups is 1. The molecule has 2 aromatic carbocycles. The fourth-order valence-corrected chi connectivity index (χ4v) is 3.21. The van der Waals surface area contributed by atoms with Crippen LogP contribution in [-0.2, 0) is 13.0 Å². The average Bonchev–Trinajstić information content (AvgIpc) is 2.65. The summed E-state index contributed by atoms with van der Waals surface area (Å²) in [6, 6.07) is 7.87. The molecule has 0 saturated heterocycles. The fraction of sp³-hybridized carbons (Fsp3) is 0.278. The molecule has 0 aromatic heterocycles. The number of ether oxygens (including phenoxy) is 2. The third-order valence-electron chi connectivity index (χ3n) is 4.40. The maximum Gasteiger partial charge on any atom is 0.288 e. The highest BCUT2D eigenvalue weighted by Gasteiger charge is 2.25. The summed E-state index contributed by atoms with van der Waals surface area (Å²) in [7, 11) is 3.14. The smallest absolute Gasteiger partial charge is 0.288 e. The molecular weight excluding hydrogens is 360 g/mol. The summed E-state index contributed by atoms with van der Waals surface area (Å²) in [6.07, 6.45) is 0.664. The summed E-state index contributed by atoms with van der Waals surface area (Å²) in [5.41, 5.74) is 2.02. The van der Waals surface area contributed by atoms with Gasteiger partial charge in [-0.2, -0.15) is 0 Å². The van der Waals surface area contributed by atoms with E-state index in [4.69, 9.17) is 21.1 Å². The number of carbonyl (C=O) groups excluding carboxylic acids is 1. The molecule has 1 heterocycles. The Hall–Kier alpha value is -2.80. The molecule has 7 nitrogen and oxygen atoms in total. The van der Waals surface area contributed by atoms with Crippen molar-refractivity contribution in [3.05, 3.63) is 62.2 Å². The van der Waals surface area contributed by atoms with Gasteiger partial charge < -0.3 is 14.4 Å². The minimum Gasteiger partial charge on any atom is -0.493 e. The lowest BCUT2D eigenvalue weighted by Gasteiger charge is -2.29. The predicted octanol–water partition coefficient (Wildman–Crippen LogP) is 3.46. The van der Waals surface area contributed by atoms with E-state index >= 15 is 0 Å². The first-order valence-electron chi connectivity index (χ1n) is 7.91. The van der Waals surface area contributed by atoms with Gasteiger partial charge in [-0.25, -0.2) is 0 Å².